The minimum atomic E-state index is 0.911. The van der Waals surface area contributed by atoms with E-state index in [1.54, 1.807) is 0 Å². The van der Waals surface area contributed by atoms with E-state index >= 15 is 0 Å². The van der Waals surface area contributed by atoms with Gasteiger partial charge in [0.2, 0.25) is 0 Å². The number of hydrogen-bond acceptors (Lipinski definition) is 2. The molecular formula is C46H28N4. The van der Waals surface area contributed by atoms with E-state index in [1.165, 1.54) is 54.5 Å². The van der Waals surface area contributed by atoms with Crippen molar-refractivity contribution in [2.75, 3.05) is 0 Å². The summed E-state index contributed by atoms with van der Waals surface area (Å²) < 4.78 is 4.77. The minimum Gasteiger partial charge on any atom is -0.309 e. The second kappa shape index (κ2) is 10.4. The van der Waals surface area contributed by atoms with E-state index in [1.807, 2.05) is 12.4 Å². The largest absolute Gasteiger partial charge is 0.309 e. The summed E-state index contributed by atoms with van der Waals surface area (Å²) in [6.45, 7) is 0. The first-order valence-corrected chi connectivity index (χ1v) is 17.0. The zero-order chi connectivity index (χ0) is 32.8. The molecule has 232 valence electrons. The van der Waals surface area contributed by atoms with Gasteiger partial charge in [0.25, 0.3) is 0 Å². The van der Waals surface area contributed by atoms with Crippen LogP contribution in [0.4, 0.5) is 0 Å². The van der Waals surface area contributed by atoms with E-state index in [4.69, 9.17) is 9.97 Å². The second-order valence-corrected chi connectivity index (χ2v) is 13.0. The van der Waals surface area contributed by atoms with Gasteiger partial charge in [-0.2, -0.15) is 0 Å². The lowest BCUT2D eigenvalue weighted by molar-refractivity contribution is 1.18. The van der Waals surface area contributed by atoms with Crippen molar-refractivity contribution in [1.29, 1.82) is 0 Å². The zero-order valence-electron chi connectivity index (χ0n) is 27.0. The SMILES string of the molecule is c1ccc(-c2cccc(-n3c4ccccc4c4cc5c6cc7c8ccccc8n(-c8ccccc8)c7cc6c6nccnc6c5cc43)c2)cc1. The van der Waals surface area contributed by atoms with Crippen molar-refractivity contribution >= 4 is 76.2 Å². The zero-order valence-corrected chi connectivity index (χ0v) is 27.0. The van der Waals surface area contributed by atoms with Crippen LogP contribution in [0.1, 0.15) is 0 Å². The highest BCUT2D eigenvalue weighted by Gasteiger charge is 2.20. The molecule has 3 heterocycles. The van der Waals surface area contributed by atoms with Gasteiger partial charge >= 0.3 is 0 Å². The van der Waals surface area contributed by atoms with E-state index in [2.05, 4.69) is 167 Å². The molecule has 3 aromatic heterocycles. The van der Waals surface area contributed by atoms with Gasteiger partial charge in [-0.25, -0.2) is 0 Å². The molecule has 4 nitrogen and oxygen atoms in total. The number of fused-ring (bicyclic) bond motifs is 12. The number of hydrogen-bond donors (Lipinski definition) is 0. The van der Waals surface area contributed by atoms with Gasteiger partial charge in [-0.1, -0.05) is 97.1 Å². The van der Waals surface area contributed by atoms with Crippen molar-refractivity contribution < 1.29 is 0 Å². The standard InChI is InChI=1S/C46H28N4/c1-3-12-29(13-4-1)30-14-11-17-32(24-30)50-42-21-10-8-19-34(42)38-26-36-35-25-37-33-18-7-9-20-41(33)49(31-15-5-2-6-16-31)43(37)27-39(35)45-46(48-23-22-47-45)40(36)28-44(38)50/h1-28H. The summed E-state index contributed by atoms with van der Waals surface area (Å²) in [5.41, 5.74) is 11.2. The van der Waals surface area contributed by atoms with Gasteiger partial charge in [-0.3, -0.25) is 9.97 Å². The van der Waals surface area contributed by atoms with Crippen molar-refractivity contribution in [2.24, 2.45) is 0 Å². The monoisotopic (exact) mass is 636 g/mol. The molecule has 0 amide bonds. The fraction of sp³-hybridized carbons (Fsp3) is 0. The molecule has 50 heavy (non-hydrogen) atoms. The van der Waals surface area contributed by atoms with Gasteiger partial charge in [-0.15, -0.1) is 0 Å². The molecule has 0 radical (unpaired) electrons. The highest BCUT2D eigenvalue weighted by atomic mass is 15.0. The number of nitrogens with zero attached hydrogens (tertiary/aromatic N) is 4. The lowest BCUT2D eigenvalue weighted by Gasteiger charge is -2.13. The normalized spacial score (nSPS) is 12.0. The molecule has 8 aromatic carbocycles. The predicted molar refractivity (Wildman–Crippen MR) is 209 cm³/mol. The van der Waals surface area contributed by atoms with Crippen LogP contribution >= 0.6 is 0 Å². The summed E-state index contributed by atoms with van der Waals surface area (Å²) >= 11 is 0. The molecule has 0 aliphatic heterocycles. The molecule has 0 saturated heterocycles. The van der Waals surface area contributed by atoms with Crippen LogP contribution in [0.3, 0.4) is 0 Å². The lowest BCUT2D eigenvalue weighted by atomic mass is 9.96. The van der Waals surface area contributed by atoms with Crippen LogP contribution in [-0.4, -0.2) is 19.1 Å². The van der Waals surface area contributed by atoms with Gasteiger partial charge in [0, 0.05) is 56.1 Å². The molecular weight excluding hydrogens is 609 g/mol. The van der Waals surface area contributed by atoms with Gasteiger partial charge in [0.05, 0.1) is 33.1 Å². The Hall–Kier alpha value is -6.78. The second-order valence-electron chi connectivity index (χ2n) is 13.0. The Kier molecular flexibility index (Phi) is 5.63. The maximum Gasteiger partial charge on any atom is 0.0972 e. The summed E-state index contributed by atoms with van der Waals surface area (Å²) in [7, 11) is 0. The molecule has 11 rings (SSSR count). The van der Waals surface area contributed by atoms with Gasteiger partial charge in [-0.05, 0) is 82.6 Å². The Morgan fingerprint density at radius 3 is 1.38 bits per heavy atom. The Morgan fingerprint density at radius 1 is 0.300 bits per heavy atom. The van der Waals surface area contributed by atoms with Crippen molar-refractivity contribution in [2.45, 2.75) is 0 Å². The van der Waals surface area contributed by atoms with Crippen LogP contribution in [0.25, 0.3) is 98.7 Å². The minimum absolute atomic E-state index is 0.911. The molecule has 0 N–H and O–H groups in total. The Balaban J connectivity index is 1.28. The fourth-order valence-electron chi connectivity index (χ4n) is 8.19. The smallest absolute Gasteiger partial charge is 0.0972 e. The van der Waals surface area contributed by atoms with E-state index in [9.17, 15) is 0 Å². The molecule has 4 heteroatoms. The molecule has 0 spiro atoms. The fourth-order valence-corrected chi connectivity index (χ4v) is 8.19. The molecule has 0 saturated carbocycles. The highest BCUT2D eigenvalue weighted by molar-refractivity contribution is 6.30. The van der Waals surface area contributed by atoms with Crippen molar-refractivity contribution in [3.8, 4) is 22.5 Å². The van der Waals surface area contributed by atoms with E-state index in [-0.39, 0.29) is 0 Å². The first-order chi connectivity index (χ1) is 24.8. The summed E-state index contributed by atoms with van der Waals surface area (Å²) in [6.07, 6.45) is 3.63. The maximum absolute atomic E-state index is 5.00. The number of aromatic nitrogens is 4. The quantitative estimate of drug-likeness (QED) is 0.181. The summed E-state index contributed by atoms with van der Waals surface area (Å²) in [6, 6.07) is 57.0. The Morgan fingerprint density at radius 2 is 0.780 bits per heavy atom. The first kappa shape index (κ1) is 27.2. The third-order valence-electron chi connectivity index (χ3n) is 10.3. The molecule has 0 atom stereocenters. The molecule has 0 bridgehead atoms. The van der Waals surface area contributed by atoms with Crippen LogP contribution in [0.2, 0.25) is 0 Å². The highest BCUT2D eigenvalue weighted by Crippen LogP contribution is 2.43. The Labute approximate surface area is 287 Å². The average Bonchev–Trinajstić information content (AvgIpc) is 3.69. The van der Waals surface area contributed by atoms with Crippen LogP contribution < -0.4 is 0 Å². The molecule has 0 unspecified atom stereocenters. The van der Waals surface area contributed by atoms with Gasteiger partial charge in [0.15, 0.2) is 0 Å². The summed E-state index contributed by atoms with van der Waals surface area (Å²) in [4.78, 5) is 9.99. The number of benzene rings is 8. The molecule has 0 aliphatic rings. The van der Waals surface area contributed by atoms with E-state index in [0.29, 0.717) is 0 Å². The first-order valence-electron chi connectivity index (χ1n) is 17.0. The number of rotatable bonds is 3. The van der Waals surface area contributed by atoms with Crippen LogP contribution in [0.15, 0.2) is 170 Å². The van der Waals surface area contributed by atoms with Crippen LogP contribution in [0, 0.1) is 0 Å². The van der Waals surface area contributed by atoms with E-state index < -0.39 is 0 Å². The average molecular weight is 637 g/mol. The predicted octanol–water partition coefficient (Wildman–Crippen LogP) is 11.8. The molecule has 0 aliphatic carbocycles. The maximum atomic E-state index is 5.00. The molecule has 11 aromatic rings. The van der Waals surface area contributed by atoms with E-state index in [0.717, 1.165) is 44.2 Å². The van der Waals surface area contributed by atoms with Crippen LogP contribution in [0.5, 0.6) is 0 Å². The van der Waals surface area contributed by atoms with Crippen LogP contribution in [-0.2, 0) is 0 Å². The van der Waals surface area contributed by atoms with Crippen molar-refractivity contribution in [1.82, 2.24) is 19.1 Å². The van der Waals surface area contributed by atoms with Crippen molar-refractivity contribution in [3.63, 3.8) is 0 Å². The summed E-state index contributed by atoms with van der Waals surface area (Å²) in [5, 5.41) is 9.46. The summed E-state index contributed by atoms with van der Waals surface area (Å²) in [5.74, 6) is 0. The van der Waals surface area contributed by atoms with Gasteiger partial charge < -0.3 is 9.13 Å². The third-order valence-corrected chi connectivity index (χ3v) is 10.3. The lowest BCUT2D eigenvalue weighted by Crippen LogP contribution is -1.95. The number of para-hydroxylation sites is 3. The third kappa shape index (κ3) is 3.81. The van der Waals surface area contributed by atoms with Gasteiger partial charge in [0.1, 0.15) is 0 Å². The Bertz CT molecular complexity index is 3140. The molecule has 0 fully saturated rings. The topological polar surface area (TPSA) is 35.6 Å². The van der Waals surface area contributed by atoms with Crippen molar-refractivity contribution in [3.05, 3.63) is 170 Å².